The molecule has 2 aromatic rings. The maximum absolute atomic E-state index is 13.8. The topological polar surface area (TPSA) is 75.0 Å². The van der Waals surface area contributed by atoms with Gasteiger partial charge in [0.25, 0.3) is 5.91 Å². The summed E-state index contributed by atoms with van der Waals surface area (Å²) in [7, 11) is 0. The van der Waals surface area contributed by atoms with Gasteiger partial charge in [0.1, 0.15) is 6.04 Å². The van der Waals surface area contributed by atoms with E-state index in [2.05, 4.69) is 5.32 Å². The number of carbonyl (C=O) groups is 2. The van der Waals surface area contributed by atoms with Crippen LogP contribution in [0.4, 0.5) is 18.9 Å². The molecule has 10 heteroatoms. The number of morpholine rings is 1. The Morgan fingerprint density at radius 3 is 2.58 bits per heavy atom. The molecule has 2 fully saturated rings. The number of piperidine rings is 1. The van der Waals surface area contributed by atoms with E-state index in [9.17, 15) is 22.8 Å². The minimum absolute atomic E-state index is 0.0208. The highest BCUT2D eigenvalue weighted by Crippen LogP contribution is 2.35. The summed E-state index contributed by atoms with van der Waals surface area (Å²) in [6.07, 6.45) is -1.24. The average molecular weight is 465 g/mol. The molecule has 3 heterocycles. The Labute approximate surface area is 189 Å². The molecule has 1 aromatic carbocycles. The molecule has 0 saturated carbocycles. The molecular weight excluding hydrogens is 439 g/mol. The minimum atomic E-state index is -4.56. The normalized spacial score (nSPS) is 19.4. The summed E-state index contributed by atoms with van der Waals surface area (Å²) >= 11 is 0. The van der Waals surface area contributed by atoms with Crippen molar-refractivity contribution in [1.82, 2.24) is 10.2 Å². The molecule has 7 nitrogen and oxygen atoms in total. The lowest BCUT2D eigenvalue weighted by Crippen LogP contribution is -2.51. The van der Waals surface area contributed by atoms with Crippen molar-refractivity contribution in [2.75, 3.05) is 37.7 Å². The number of nitrogens with one attached hydrogen (secondary N) is 1. The van der Waals surface area contributed by atoms with Gasteiger partial charge in [0.15, 0.2) is 5.76 Å². The number of likely N-dealkylation sites (tertiary alicyclic amines) is 1. The first-order valence-corrected chi connectivity index (χ1v) is 11.0. The number of halogens is 3. The molecule has 0 radical (unpaired) electrons. The largest absolute Gasteiger partial charge is 0.459 e. The molecule has 178 valence electrons. The Morgan fingerprint density at radius 2 is 1.88 bits per heavy atom. The predicted molar refractivity (Wildman–Crippen MR) is 114 cm³/mol. The van der Waals surface area contributed by atoms with Crippen molar-refractivity contribution in [2.45, 2.75) is 38.0 Å². The van der Waals surface area contributed by atoms with E-state index in [1.54, 1.807) is 12.1 Å². The maximum atomic E-state index is 13.8. The zero-order chi connectivity index (χ0) is 23.4. The first-order chi connectivity index (χ1) is 15.8. The van der Waals surface area contributed by atoms with Gasteiger partial charge in [0.05, 0.1) is 25.0 Å². The molecule has 0 aliphatic carbocycles. The summed E-state index contributed by atoms with van der Waals surface area (Å²) in [5, 5.41) is 2.61. The number of amides is 2. The van der Waals surface area contributed by atoms with Crippen molar-refractivity contribution < 1.29 is 31.9 Å². The molecule has 2 saturated heterocycles. The van der Waals surface area contributed by atoms with Gasteiger partial charge in [-0.25, -0.2) is 0 Å². The van der Waals surface area contributed by atoms with E-state index >= 15 is 0 Å². The van der Waals surface area contributed by atoms with E-state index in [4.69, 9.17) is 9.15 Å². The number of rotatable bonds is 5. The summed E-state index contributed by atoms with van der Waals surface area (Å²) < 4.78 is 51.8. The van der Waals surface area contributed by atoms with Gasteiger partial charge in [-0.3, -0.25) is 9.59 Å². The van der Waals surface area contributed by atoms with Crippen LogP contribution in [0.15, 0.2) is 41.0 Å². The first-order valence-electron chi connectivity index (χ1n) is 11.0. The highest BCUT2D eigenvalue weighted by molar-refractivity contribution is 5.95. The lowest BCUT2D eigenvalue weighted by atomic mass is 10.00. The summed E-state index contributed by atoms with van der Waals surface area (Å²) in [5.41, 5.74) is -0.324. The SMILES string of the molecule is O=C(NCc1ccc(N2CCOCC2)cc1C(F)(F)F)C1CCCCN1C(=O)c1ccco1. The van der Waals surface area contributed by atoms with Crippen LogP contribution in [-0.2, 0) is 22.3 Å². The second kappa shape index (κ2) is 9.86. The number of anilines is 1. The summed E-state index contributed by atoms with van der Waals surface area (Å²) in [5.74, 6) is -0.738. The van der Waals surface area contributed by atoms with Crippen molar-refractivity contribution in [3.8, 4) is 0 Å². The average Bonchev–Trinajstić information content (AvgIpc) is 3.37. The van der Waals surface area contributed by atoms with Crippen molar-refractivity contribution in [3.05, 3.63) is 53.5 Å². The van der Waals surface area contributed by atoms with Gasteiger partial charge in [-0.2, -0.15) is 13.2 Å². The molecule has 2 amide bonds. The Hall–Kier alpha value is -3.01. The molecule has 1 unspecified atom stereocenters. The fourth-order valence-electron chi connectivity index (χ4n) is 4.29. The van der Waals surface area contributed by atoms with E-state index in [0.717, 1.165) is 18.9 Å². The van der Waals surface area contributed by atoms with Crippen LogP contribution in [0.1, 0.15) is 40.9 Å². The number of benzene rings is 1. The Morgan fingerprint density at radius 1 is 1.09 bits per heavy atom. The Balaban J connectivity index is 1.48. The number of hydrogen-bond donors (Lipinski definition) is 1. The van der Waals surface area contributed by atoms with Gasteiger partial charge >= 0.3 is 6.18 Å². The first kappa shape index (κ1) is 23.2. The molecule has 33 heavy (non-hydrogen) atoms. The molecule has 4 rings (SSSR count). The number of alkyl halides is 3. The smallest absolute Gasteiger partial charge is 0.416 e. The van der Waals surface area contributed by atoms with E-state index in [1.165, 1.54) is 23.3 Å². The van der Waals surface area contributed by atoms with Crippen molar-refractivity contribution in [1.29, 1.82) is 0 Å². The molecule has 0 bridgehead atoms. The molecular formula is C23H26F3N3O4. The van der Waals surface area contributed by atoms with E-state index < -0.39 is 29.6 Å². The van der Waals surface area contributed by atoms with Gasteiger partial charge in [0, 0.05) is 31.9 Å². The zero-order valence-electron chi connectivity index (χ0n) is 18.1. The van der Waals surface area contributed by atoms with Crippen LogP contribution in [0.2, 0.25) is 0 Å². The van der Waals surface area contributed by atoms with Gasteiger partial charge < -0.3 is 24.3 Å². The van der Waals surface area contributed by atoms with E-state index in [1.807, 2.05) is 4.90 Å². The van der Waals surface area contributed by atoms with Crippen LogP contribution in [0.5, 0.6) is 0 Å². The molecule has 1 aromatic heterocycles. The third-order valence-electron chi connectivity index (χ3n) is 6.03. The summed E-state index contributed by atoms with van der Waals surface area (Å²) in [6.45, 7) is 2.08. The van der Waals surface area contributed by atoms with Crippen LogP contribution >= 0.6 is 0 Å². The molecule has 1 atom stereocenters. The second-order valence-electron chi connectivity index (χ2n) is 8.14. The van der Waals surface area contributed by atoms with Gasteiger partial charge in [0.2, 0.25) is 5.91 Å². The highest BCUT2D eigenvalue weighted by Gasteiger charge is 2.36. The third-order valence-corrected chi connectivity index (χ3v) is 6.03. The van der Waals surface area contributed by atoms with Crippen molar-refractivity contribution in [3.63, 3.8) is 0 Å². The number of hydrogen-bond acceptors (Lipinski definition) is 5. The highest BCUT2D eigenvalue weighted by atomic mass is 19.4. The third kappa shape index (κ3) is 5.32. The monoisotopic (exact) mass is 465 g/mol. The van der Waals surface area contributed by atoms with Crippen molar-refractivity contribution in [2.24, 2.45) is 0 Å². The lowest BCUT2D eigenvalue weighted by molar-refractivity contribution is -0.138. The van der Waals surface area contributed by atoms with Crippen LogP contribution in [0.25, 0.3) is 0 Å². The number of ether oxygens (including phenoxy) is 1. The van der Waals surface area contributed by atoms with Crippen LogP contribution in [0, 0.1) is 0 Å². The Bertz CT molecular complexity index is 972. The zero-order valence-corrected chi connectivity index (χ0v) is 18.1. The van der Waals surface area contributed by atoms with Gasteiger partial charge in [-0.1, -0.05) is 6.07 Å². The molecule has 0 spiro atoms. The van der Waals surface area contributed by atoms with E-state index in [0.29, 0.717) is 45.0 Å². The van der Waals surface area contributed by atoms with Crippen LogP contribution in [-0.4, -0.2) is 55.6 Å². The predicted octanol–water partition coefficient (Wildman–Crippen LogP) is 3.45. The quantitative estimate of drug-likeness (QED) is 0.732. The maximum Gasteiger partial charge on any atom is 0.416 e. The van der Waals surface area contributed by atoms with Crippen LogP contribution in [0.3, 0.4) is 0 Å². The molecule has 2 aliphatic rings. The lowest BCUT2D eigenvalue weighted by Gasteiger charge is -2.34. The fraction of sp³-hybridized carbons (Fsp3) is 0.478. The molecule has 1 N–H and O–H groups in total. The Kier molecular flexibility index (Phi) is 6.92. The van der Waals surface area contributed by atoms with E-state index in [-0.39, 0.29) is 17.9 Å². The van der Waals surface area contributed by atoms with Gasteiger partial charge in [-0.05, 0) is 49.1 Å². The minimum Gasteiger partial charge on any atom is -0.459 e. The summed E-state index contributed by atoms with van der Waals surface area (Å²) in [6, 6.07) is 6.53. The number of carbonyl (C=O) groups excluding carboxylic acids is 2. The van der Waals surface area contributed by atoms with Crippen molar-refractivity contribution >= 4 is 17.5 Å². The van der Waals surface area contributed by atoms with Crippen LogP contribution < -0.4 is 10.2 Å². The number of furan rings is 1. The second-order valence-corrected chi connectivity index (χ2v) is 8.14. The van der Waals surface area contributed by atoms with Gasteiger partial charge in [-0.15, -0.1) is 0 Å². The summed E-state index contributed by atoms with van der Waals surface area (Å²) in [4.78, 5) is 28.9. The molecule has 2 aliphatic heterocycles. The fourth-order valence-corrected chi connectivity index (χ4v) is 4.29. The standard InChI is InChI=1S/C23H26F3N3O4/c24-23(25,26)18-14-17(28-9-12-32-13-10-28)7-6-16(18)15-27-21(30)19-4-1-2-8-29(19)22(31)20-5-3-11-33-20/h3,5-7,11,14,19H,1-2,4,8-10,12-13,15H2,(H,27,30). The number of nitrogens with zero attached hydrogens (tertiary/aromatic N) is 2.